The summed E-state index contributed by atoms with van der Waals surface area (Å²) in [7, 11) is 1.27. The van der Waals surface area contributed by atoms with E-state index in [0.29, 0.717) is 35.8 Å². The van der Waals surface area contributed by atoms with Crippen molar-refractivity contribution in [2.45, 2.75) is 52.0 Å². The molecular weight excluding hydrogens is 338 g/mol. The molecule has 0 saturated carbocycles. The molecule has 0 aromatic rings. The first kappa shape index (κ1) is 18.7. The van der Waals surface area contributed by atoms with Gasteiger partial charge in [0, 0.05) is 13.0 Å². The van der Waals surface area contributed by atoms with Crippen molar-refractivity contribution >= 4 is 17.8 Å². The minimum Gasteiger partial charge on any atom is -0.435 e. The van der Waals surface area contributed by atoms with Crippen LogP contribution < -0.4 is 5.32 Å². The summed E-state index contributed by atoms with van der Waals surface area (Å²) in [5.41, 5.74) is 0.625. The van der Waals surface area contributed by atoms with Gasteiger partial charge in [0.1, 0.15) is 6.54 Å². The Hall–Kier alpha value is -2.13. The van der Waals surface area contributed by atoms with E-state index in [0.717, 1.165) is 25.7 Å². The maximum Gasteiger partial charge on any atom is 0.508 e. The molecule has 3 heterocycles. The van der Waals surface area contributed by atoms with Gasteiger partial charge in [-0.05, 0) is 15.9 Å². The molecule has 0 radical (unpaired) electrons. The Morgan fingerprint density at radius 2 is 2.12 bits per heavy atom. The molecule has 9 heteroatoms. The molecule has 3 aliphatic rings. The Bertz CT molecular complexity index is 701. The average molecular weight is 365 g/mol. The molecule has 0 aromatic heterocycles. The maximum absolute atomic E-state index is 13.4. The van der Waals surface area contributed by atoms with E-state index in [9.17, 15) is 14.5 Å². The van der Waals surface area contributed by atoms with Gasteiger partial charge in [0.05, 0.1) is 7.11 Å². The number of quaternary nitrogens is 1. The van der Waals surface area contributed by atoms with E-state index in [4.69, 9.17) is 4.74 Å². The number of aliphatic imine (C=N–C) groups is 1. The number of unbranched alkanes of at least 4 members (excludes halogenated alkanes) is 2. The fraction of sp³-hybridized carbons (Fsp3) is 0.706. The van der Waals surface area contributed by atoms with Crippen molar-refractivity contribution in [3.63, 3.8) is 0 Å². The van der Waals surface area contributed by atoms with Crippen molar-refractivity contribution in [1.29, 1.82) is 0 Å². The lowest BCUT2D eigenvalue weighted by Crippen LogP contribution is -2.59. The third kappa shape index (κ3) is 2.57. The number of carbonyl (C=O) groups is 2. The molecule has 26 heavy (non-hydrogen) atoms. The third-order valence-electron chi connectivity index (χ3n) is 5.20. The minimum atomic E-state index is -0.629. The molecule has 0 fully saturated rings. The summed E-state index contributed by atoms with van der Waals surface area (Å²) in [6, 6.07) is -0.485. The zero-order valence-electron chi connectivity index (χ0n) is 15.7. The Labute approximate surface area is 152 Å². The van der Waals surface area contributed by atoms with Crippen LogP contribution in [0.2, 0.25) is 0 Å². The standard InChI is InChI=1S/C17H27N5O4/c1-4-6-8-13-16(23)22(9-7-5-2)14(19-13)12-10-18-11-20(17(24)26-3)15(12)21(22)25/h13,18H,4-11H2,1-3H3/q+2. The quantitative estimate of drug-likeness (QED) is 0.571. The van der Waals surface area contributed by atoms with Gasteiger partial charge < -0.3 is 4.74 Å². The number of nitrogens with one attached hydrogen (secondary N) is 1. The topological polar surface area (TPSA) is 91.1 Å². The smallest absolute Gasteiger partial charge is 0.435 e. The average Bonchev–Trinajstić information content (AvgIpc) is 3.08. The van der Waals surface area contributed by atoms with E-state index < -0.39 is 16.7 Å². The van der Waals surface area contributed by atoms with Crippen LogP contribution in [-0.2, 0) is 9.53 Å². The molecule has 0 spiro atoms. The molecule has 2 unspecified atom stereocenters. The van der Waals surface area contributed by atoms with Gasteiger partial charge >= 0.3 is 17.8 Å². The summed E-state index contributed by atoms with van der Waals surface area (Å²) in [6.45, 7) is 5.02. The number of amidine groups is 1. The summed E-state index contributed by atoms with van der Waals surface area (Å²) >= 11 is 0. The molecule has 0 bridgehead atoms. The molecule has 3 aliphatic heterocycles. The van der Waals surface area contributed by atoms with Gasteiger partial charge in [-0.3, -0.25) is 5.32 Å². The second kappa shape index (κ2) is 7.24. The first-order valence-electron chi connectivity index (χ1n) is 9.31. The van der Waals surface area contributed by atoms with Crippen molar-refractivity contribution in [2.24, 2.45) is 4.99 Å². The van der Waals surface area contributed by atoms with E-state index in [2.05, 4.69) is 17.2 Å². The zero-order valence-corrected chi connectivity index (χ0v) is 15.7. The number of hydrogen-bond acceptors (Lipinski definition) is 6. The highest BCUT2D eigenvalue weighted by atomic mass is 16.5. The number of nitroso groups, excluding NO2 is 1. The predicted octanol–water partition coefficient (Wildman–Crippen LogP) is 1.65. The number of fused-ring (bicyclic) bond motifs is 2. The molecule has 2 atom stereocenters. The van der Waals surface area contributed by atoms with E-state index in [1.807, 2.05) is 6.92 Å². The number of hydrogen-bond donors (Lipinski definition) is 1. The zero-order chi connectivity index (χ0) is 18.9. The van der Waals surface area contributed by atoms with Crippen molar-refractivity contribution in [3.8, 4) is 0 Å². The molecule has 0 saturated heterocycles. The van der Waals surface area contributed by atoms with Crippen LogP contribution in [0.1, 0.15) is 46.0 Å². The Kier molecular flexibility index (Phi) is 5.19. The molecule has 2 amide bonds. The van der Waals surface area contributed by atoms with Crippen molar-refractivity contribution in [1.82, 2.24) is 10.2 Å². The Balaban J connectivity index is 2.06. The van der Waals surface area contributed by atoms with Crippen LogP contribution in [0.5, 0.6) is 0 Å². The highest BCUT2D eigenvalue weighted by Crippen LogP contribution is 2.39. The van der Waals surface area contributed by atoms with Crippen LogP contribution in [0.25, 0.3) is 0 Å². The second-order valence-corrected chi connectivity index (χ2v) is 6.85. The minimum absolute atomic E-state index is 0.165. The number of ether oxygens (including phenoxy) is 1. The van der Waals surface area contributed by atoms with Crippen LogP contribution in [0.3, 0.4) is 0 Å². The summed E-state index contributed by atoms with van der Waals surface area (Å²) in [5.74, 6) is 0.500. The fourth-order valence-electron chi connectivity index (χ4n) is 3.84. The third-order valence-corrected chi connectivity index (χ3v) is 5.20. The second-order valence-electron chi connectivity index (χ2n) is 6.85. The normalized spacial score (nSPS) is 27.6. The number of amides is 2. The fourth-order valence-corrected chi connectivity index (χ4v) is 3.84. The van der Waals surface area contributed by atoms with Gasteiger partial charge in [-0.1, -0.05) is 33.1 Å². The largest absolute Gasteiger partial charge is 0.508 e. The Morgan fingerprint density at radius 3 is 2.77 bits per heavy atom. The van der Waals surface area contributed by atoms with Crippen LogP contribution >= 0.6 is 0 Å². The van der Waals surface area contributed by atoms with Gasteiger partial charge in [-0.25, -0.2) is 9.79 Å². The molecule has 3 rings (SSSR count). The number of carbonyl (C=O) groups excluding carboxylic acids is 2. The molecule has 142 valence electrons. The number of methoxy groups -OCH3 is 1. The maximum atomic E-state index is 13.4. The van der Waals surface area contributed by atoms with Crippen molar-refractivity contribution in [2.75, 3.05) is 26.9 Å². The van der Waals surface area contributed by atoms with E-state index in [1.165, 1.54) is 12.0 Å². The van der Waals surface area contributed by atoms with Gasteiger partial charge in [-0.15, -0.1) is 4.90 Å². The summed E-state index contributed by atoms with van der Waals surface area (Å²) < 4.78 is 4.36. The van der Waals surface area contributed by atoms with Crippen molar-refractivity contribution < 1.29 is 23.8 Å². The van der Waals surface area contributed by atoms with E-state index >= 15 is 0 Å². The first-order chi connectivity index (χ1) is 12.5. The molecule has 0 aliphatic carbocycles. The van der Waals surface area contributed by atoms with Gasteiger partial charge in [0.25, 0.3) is 5.84 Å². The van der Waals surface area contributed by atoms with E-state index in [-0.39, 0.29) is 18.4 Å². The number of rotatable bonds is 6. The van der Waals surface area contributed by atoms with Gasteiger partial charge in [0.2, 0.25) is 0 Å². The van der Waals surface area contributed by atoms with Crippen LogP contribution in [0, 0.1) is 4.91 Å². The lowest BCUT2D eigenvalue weighted by atomic mass is 10.1. The summed E-state index contributed by atoms with van der Waals surface area (Å²) in [6.07, 6.45) is 3.45. The SMILES string of the molecule is CCCCC1N=C2C3=C(N(C(=O)OC)CNC3)[N+](=O)[N+]2(CCCC)C1=O. The monoisotopic (exact) mass is 365 g/mol. The van der Waals surface area contributed by atoms with Gasteiger partial charge in [0.15, 0.2) is 23.2 Å². The predicted molar refractivity (Wildman–Crippen MR) is 93.6 cm³/mol. The first-order valence-corrected chi connectivity index (χ1v) is 9.31. The number of nitrogens with zero attached hydrogens (tertiary/aromatic N) is 4. The van der Waals surface area contributed by atoms with Crippen LogP contribution in [-0.4, -0.2) is 65.1 Å². The Morgan fingerprint density at radius 1 is 1.38 bits per heavy atom. The lowest BCUT2D eigenvalue weighted by molar-refractivity contribution is -1.22. The highest BCUT2D eigenvalue weighted by molar-refractivity contribution is 6.06. The molecular formula is C17H27N5O4+2. The van der Waals surface area contributed by atoms with Crippen LogP contribution in [0.15, 0.2) is 16.4 Å². The molecule has 0 aromatic carbocycles. The highest BCUT2D eigenvalue weighted by Gasteiger charge is 2.70. The molecule has 1 N–H and O–H groups in total. The summed E-state index contributed by atoms with van der Waals surface area (Å²) in [4.78, 5) is 45.3. The molecule has 9 nitrogen and oxygen atoms in total. The summed E-state index contributed by atoms with van der Waals surface area (Å²) in [5, 5.41) is 3.10. The van der Waals surface area contributed by atoms with Gasteiger partial charge in [-0.2, -0.15) is 4.79 Å². The van der Waals surface area contributed by atoms with Crippen molar-refractivity contribution in [3.05, 3.63) is 16.3 Å². The lowest BCUT2D eigenvalue weighted by Gasteiger charge is -2.21. The van der Waals surface area contributed by atoms with E-state index in [1.54, 1.807) is 0 Å². The van der Waals surface area contributed by atoms with Crippen LogP contribution in [0.4, 0.5) is 4.79 Å².